The summed E-state index contributed by atoms with van der Waals surface area (Å²) in [5.41, 5.74) is 0. The summed E-state index contributed by atoms with van der Waals surface area (Å²) in [4.78, 5) is 36.2. The summed E-state index contributed by atoms with van der Waals surface area (Å²) < 4.78 is 0. The molecule has 0 unspecified atom stereocenters. The van der Waals surface area contributed by atoms with Gasteiger partial charge >= 0.3 is 0 Å². The lowest BCUT2D eigenvalue weighted by Crippen LogP contribution is -2.39. The minimum atomic E-state index is 0.0171. The number of anilines is 1. The van der Waals surface area contributed by atoms with Gasteiger partial charge in [-0.3, -0.25) is 14.9 Å². The number of amides is 2. The first-order valence-corrected chi connectivity index (χ1v) is 8.80. The lowest BCUT2D eigenvalue weighted by molar-refractivity contribution is -0.128. The Morgan fingerprint density at radius 1 is 1.17 bits per heavy atom. The fourth-order valence-corrected chi connectivity index (χ4v) is 3.42. The maximum absolute atomic E-state index is 12.2. The van der Waals surface area contributed by atoms with E-state index in [2.05, 4.69) is 20.2 Å². The second kappa shape index (κ2) is 8.19. The molecule has 130 valence electrons. The molecule has 1 aromatic rings. The molecule has 7 nitrogen and oxygen atoms in total. The monoisotopic (exact) mass is 331 g/mol. The molecule has 2 aliphatic rings. The van der Waals surface area contributed by atoms with Crippen molar-refractivity contribution in [3.63, 3.8) is 0 Å². The van der Waals surface area contributed by atoms with Crippen LogP contribution in [0.3, 0.4) is 0 Å². The Morgan fingerprint density at radius 2 is 1.92 bits per heavy atom. The molecule has 0 bridgehead atoms. The summed E-state index contributed by atoms with van der Waals surface area (Å²) in [7, 11) is 0. The zero-order valence-electron chi connectivity index (χ0n) is 14.0. The van der Waals surface area contributed by atoms with E-state index in [0.717, 1.165) is 58.4 Å². The molecule has 1 aromatic heterocycles. The summed E-state index contributed by atoms with van der Waals surface area (Å²) in [6, 6.07) is 1.73. The van der Waals surface area contributed by atoms with Gasteiger partial charge in [0.1, 0.15) is 0 Å². The van der Waals surface area contributed by atoms with Gasteiger partial charge < -0.3 is 9.80 Å². The summed E-state index contributed by atoms with van der Waals surface area (Å²) in [5.74, 6) is 0.724. The summed E-state index contributed by atoms with van der Waals surface area (Å²) in [6.45, 7) is 4.65. The number of nitrogens with zero attached hydrogens (tertiary/aromatic N) is 4. The standard InChI is InChI=1S/C17H25N5O2/c23-15-4-1-10-22(15)11-3-9-21-12-5-14(6-13-21)16(24)20-17-18-7-2-8-19-17/h2,7-8,14H,1,3-6,9-13H2,(H,18,19,20,24). The lowest BCUT2D eigenvalue weighted by atomic mass is 9.96. The van der Waals surface area contributed by atoms with Gasteiger partial charge in [-0.05, 0) is 51.4 Å². The van der Waals surface area contributed by atoms with E-state index in [1.165, 1.54) is 0 Å². The van der Waals surface area contributed by atoms with Crippen molar-refractivity contribution in [1.82, 2.24) is 19.8 Å². The van der Waals surface area contributed by atoms with Gasteiger partial charge in [0, 0.05) is 37.8 Å². The van der Waals surface area contributed by atoms with Crippen molar-refractivity contribution >= 4 is 17.8 Å². The van der Waals surface area contributed by atoms with E-state index in [9.17, 15) is 9.59 Å². The average Bonchev–Trinajstić information content (AvgIpc) is 3.01. The molecule has 0 saturated carbocycles. The number of rotatable bonds is 6. The second-order valence-corrected chi connectivity index (χ2v) is 6.52. The van der Waals surface area contributed by atoms with Crippen LogP contribution in [0.25, 0.3) is 0 Å². The third-order valence-electron chi connectivity index (χ3n) is 4.83. The van der Waals surface area contributed by atoms with Crippen molar-refractivity contribution in [2.75, 3.05) is 38.0 Å². The van der Waals surface area contributed by atoms with Crippen LogP contribution in [0.1, 0.15) is 32.1 Å². The third-order valence-corrected chi connectivity index (χ3v) is 4.83. The minimum absolute atomic E-state index is 0.0171. The molecular weight excluding hydrogens is 306 g/mol. The molecule has 1 N–H and O–H groups in total. The molecule has 0 atom stereocenters. The molecule has 2 fully saturated rings. The number of piperidine rings is 1. The maximum Gasteiger partial charge on any atom is 0.229 e. The predicted molar refractivity (Wildman–Crippen MR) is 90.3 cm³/mol. The van der Waals surface area contributed by atoms with Crippen molar-refractivity contribution < 1.29 is 9.59 Å². The summed E-state index contributed by atoms with van der Waals surface area (Å²) in [5, 5.41) is 2.79. The van der Waals surface area contributed by atoms with Gasteiger partial charge in [0.15, 0.2) is 0 Å². The van der Waals surface area contributed by atoms with Crippen LogP contribution >= 0.6 is 0 Å². The number of hydrogen-bond donors (Lipinski definition) is 1. The van der Waals surface area contributed by atoms with Gasteiger partial charge in [0.05, 0.1) is 0 Å². The van der Waals surface area contributed by atoms with E-state index in [1.807, 2.05) is 4.90 Å². The molecule has 0 spiro atoms. The highest BCUT2D eigenvalue weighted by atomic mass is 16.2. The molecule has 0 aromatic carbocycles. The predicted octanol–water partition coefficient (Wildman–Crippen LogP) is 1.14. The average molecular weight is 331 g/mol. The molecule has 7 heteroatoms. The first-order valence-electron chi connectivity index (χ1n) is 8.80. The zero-order valence-corrected chi connectivity index (χ0v) is 14.0. The van der Waals surface area contributed by atoms with Crippen LogP contribution in [-0.2, 0) is 9.59 Å². The highest BCUT2D eigenvalue weighted by molar-refractivity contribution is 5.90. The topological polar surface area (TPSA) is 78.4 Å². The minimum Gasteiger partial charge on any atom is -0.343 e. The van der Waals surface area contributed by atoms with Gasteiger partial charge in [0.2, 0.25) is 17.8 Å². The van der Waals surface area contributed by atoms with Crippen molar-refractivity contribution in [1.29, 1.82) is 0 Å². The largest absolute Gasteiger partial charge is 0.343 e. The van der Waals surface area contributed by atoms with Crippen LogP contribution in [0, 0.1) is 5.92 Å². The number of likely N-dealkylation sites (tertiary alicyclic amines) is 2. The van der Waals surface area contributed by atoms with Crippen LogP contribution in [0.4, 0.5) is 5.95 Å². The fourth-order valence-electron chi connectivity index (χ4n) is 3.42. The van der Waals surface area contributed by atoms with E-state index in [0.29, 0.717) is 18.3 Å². The lowest BCUT2D eigenvalue weighted by Gasteiger charge is -2.31. The normalized spacial score (nSPS) is 19.7. The van der Waals surface area contributed by atoms with E-state index in [4.69, 9.17) is 0 Å². The quantitative estimate of drug-likeness (QED) is 0.846. The summed E-state index contributed by atoms with van der Waals surface area (Å²) in [6.07, 6.45) is 7.70. The molecule has 24 heavy (non-hydrogen) atoms. The zero-order chi connectivity index (χ0) is 16.8. The van der Waals surface area contributed by atoms with E-state index < -0.39 is 0 Å². The van der Waals surface area contributed by atoms with Crippen molar-refractivity contribution in [3.05, 3.63) is 18.5 Å². The molecule has 2 amide bonds. The molecule has 3 heterocycles. The molecule has 0 aliphatic carbocycles. The van der Waals surface area contributed by atoms with Crippen LogP contribution in [0.5, 0.6) is 0 Å². The fraction of sp³-hybridized carbons (Fsp3) is 0.647. The Kier molecular flexibility index (Phi) is 5.74. The van der Waals surface area contributed by atoms with Crippen LogP contribution in [-0.4, -0.2) is 64.3 Å². The van der Waals surface area contributed by atoms with Gasteiger partial charge in [-0.2, -0.15) is 0 Å². The van der Waals surface area contributed by atoms with Crippen LogP contribution in [0.15, 0.2) is 18.5 Å². The van der Waals surface area contributed by atoms with Crippen molar-refractivity contribution in [2.24, 2.45) is 5.92 Å². The summed E-state index contributed by atoms with van der Waals surface area (Å²) >= 11 is 0. The Morgan fingerprint density at radius 3 is 2.58 bits per heavy atom. The highest BCUT2D eigenvalue weighted by Gasteiger charge is 2.25. The molecule has 3 rings (SSSR count). The number of nitrogens with one attached hydrogen (secondary N) is 1. The number of carbonyl (C=O) groups is 2. The van der Waals surface area contributed by atoms with Crippen molar-refractivity contribution in [2.45, 2.75) is 32.1 Å². The Hall–Kier alpha value is -2.02. The second-order valence-electron chi connectivity index (χ2n) is 6.52. The van der Waals surface area contributed by atoms with E-state index in [-0.39, 0.29) is 11.8 Å². The molecule has 0 radical (unpaired) electrons. The highest BCUT2D eigenvalue weighted by Crippen LogP contribution is 2.19. The first kappa shape index (κ1) is 16.8. The van der Waals surface area contributed by atoms with Gasteiger partial charge in [0.25, 0.3) is 0 Å². The Balaban J connectivity index is 1.34. The van der Waals surface area contributed by atoms with E-state index >= 15 is 0 Å². The van der Waals surface area contributed by atoms with Crippen LogP contribution in [0.2, 0.25) is 0 Å². The van der Waals surface area contributed by atoms with Gasteiger partial charge in [-0.1, -0.05) is 0 Å². The Labute approximate surface area is 142 Å². The third kappa shape index (κ3) is 4.50. The van der Waals surface area contributed by atoms with Gasteiger partial charge in [-0.15, -0.1) is 0 Å². The molecular formula is C17H25N5O2. The maximum atomic E-state index is 12.2. The number of hydrogen-bond acceptors (Lipinski definition) is 5. The first-order chi connectivity index (χ1) is 11.7. The smallest absolute Gasteiger partial charge is 0.229 e. The molecule has 2 saturated heterocycles. The van der Waals surface area contributed by atoms with Crippen molar-refractivity contribution in [3.8, 4) is 0 Å². The van der Waals surface area contributed by atoms with E-state index in [1.54, 1.807) is 18.5 Å². The van der Waals surface area contributed by atoms with Crippen LogP contribution < -0.4 is 5.32 Å². The SMILES string of the molecule is O=C(Nc1ncccn1)C1CCN(CCCN2CCCC2=O)CC1. The number of carbonyl (C=O) groups excluding carboxylic acids is 2. The Bertz CT molecular complexity index is 557. The van der Waals surface area contributed by atoms with Gasteiger partial charge in [-0.25, -0.2) is 9.97 Å². The molecule has 2 aliphatic heterocycles. The number of aromatic nitrogens is 2.